The molecule has 2 heterocycles. The summed E-state index contributed by atoms with van der Waals surface area (Å²) in [4.78, 5) is 10.7. The molecule has 0 spiro atoms. The minimum atomic E-state index is -0.412. The zero-order valence-electron chi connectivity index (χ0n) is 10.4. The van der Waals surface area contributed by atoms with Crippen LogP contribution in [0.4, 0.5) is 17.2 Å². The molecule has 0 bridgehead atoms. The van der Waals surface area contributed by atoms with E-state index in [1.165, 1.54) is 4.68 Å². The molecule has 1 N–H and O–H groups in total. The SMILES string of the molecule is CCc1nn(C)c(Nc2cnn(C)c2)c1[N+](=O)[O-]. The summed E-state index contributed by atoms with van der Waals surface area (Å²) in [6.07, 6.45) is 3.85. The smallest absolute Gasteiger partial charge is 0.332 e. The molecule has 0 fully saturated rings. The van der Waals surface area contributed by atoms with Crippen molar-refractivity contribution in [1.29, 1.82) is 0 Å². The molecule has 0 aliphatic carbocycles. The summed E-state index contributed by atoms with van der Waals surface area (Å²) >= 11 is 0. The van der Waals surface area contributed by atoms with Crippen LogP contribution < -0.4 is 5.32 Å². The van der Waals surface area contributed by atoms with Gasteiger partial charge in [-0.3, -0.25) is 14.8 Å². The summed E-state index contributed by atoms with van der Waals surface area (Å²) in [5, 5.41) is 22.2. The van der Waals surface area contributed by atoms with Gasteiger partial charge in [0.05, 0.1) is 16.8 Å². The van der Waals surface area contributed by atoms with Gasteiger partial charge in [0.1, 0.15) is 5.69 Å². The van der Waals surface area contributed by atoms with E-state index in [0.29, 0.717) is 23.6 Å². The van der Waals surface area contributed by atoms with Crippen molar-refractivity contribution in [3.05, 3.63) is 28.2 Å². The van der Waals surface area contributed by atoms with E-state index in [4.69, 9.17) is 0 Å². The van der Waals surface area contributed by atoms with Gasteiger partial charge >= 0.3 is 5.69 Å². The lowest BCUT2D eigenvalue weighted by atomic mass is 10.3. The van der Waals surface area contributed by atoms with Gasteiger partial charge in [-0.05, 0) is 6.42 Å². The first-order chi connectivity index (χ1) is 8.52. The van der Waals surface area contributed by atoms with E-state index < -0.39 is 4.92 Å². The number of nitro groups is 1. The summed E-state index contributed by atoms with van der Waals surface area (Å²) in [7, 11) is 3.45. The van der Waals surface area contributed by atoms with Crippen LogP contribution in [0.15, 0.2) is 12.4 Å². The molecule has 2 aromatic heterocycles. The molecule has 2 aromatic rings. The summed E-state index contributed by atoms with van der Waals surface area (Å²) in [5.41, 5.74) is 1.17. The Labute approximate surface area is 103 Å². The highest BCUT2D eigenvalue weighted by Gasteiger charge is 2.25. The van der Waals surface area contributed by atoms with Crippen molar-refractivity contribution in [2.24, 2.45) is 14.1 Å². The second-order valence-corrected chi connectivity index (χ2v) is 3.91. The molecule has 0 unspecified atom stereocenters. The minimum Gasteiger partial charge on any atom is -0.332 e. The fourth-order valence-corrected chi connectivity index (χ4v) is 1.76. The maximum atomic E-state index is 11.1. The van der Waals surface area contributed by atoms with Gasteiger partial charge in [0.25, 0.3) is 0 Å². The number of hydrogen-bond donors (Lipinski definition) is 1. The summed E-state index contributed by atoms with van der Waals surface area (Å²) in [5.74, 6) is 0.366. The number of aryl methyl sites for hydroxylation is 3. The van der Waals surface area contributed by atoms with Gasteiger partial charge in [-0.25, -0.2) is 4.68 Å². The predicted molar refractivity (Wildman–Crippen MR) is 65.7 cm³/mol. The van der Waals surface area contributed by atoms with Crippen molar-refractivity contribution < 1.29 is 4.92 Å². The second-order valence-electron chi connectivity index (χ2n) is 3.91. The number of anilines is 2. The molecule has 0 aliphatic heterocycles. The Morgan fingerprint density at radius 2 is 2.22 bits per heavy atom. The van der Waals surface area contributed by atoms with Gasteiger partial charge in [-0.2, -0.15) is 10.2 Å². The van der Waals surface area contributed by atoms with Gasteiger partial charge in [-0.15, -0.1) is 0 Å². The van der Waals surface area contributed by atoms with Crippen LogP contribution in [-0.4, -0.2) is 24.5 Å². The number of nitrogens with zero attached hydrogens (tertiary/aromatic N) is 5. The number of rotatable bonds is 4. The average Bonchev–Trinajstić information content (AvgIpc) is 2.84. The number of hydrogen-bond acceptors (Lipinski definition) is 5. The molecule has 0 aromatic carbocycles. The Bertz CT molecular complexity index is 585. The van der Waals surface area contributed by atoms with Crippen molar-refractivity contribution in [2.75, 3.05) is 5.32 Å². The number of nitrogens with one attached hydrogen (secondary N) is 1. The van der Waals surface area contributed by atoms with Crippen LogP contribution in [0, 0.1) is 10.1 Å². The fraction of sp³-hybridized carbons (Fsp3) is 0.400. The maximum Gasteiger partial charge on any atom is 0.334 e. The lowest BCUT2D eigenvalue weighted by molar-refractivity contribution is -0.384. The van der Waals surface area contributed by atoms with E-state index in [2.05, 4.69) is 15.5 Å². The topological polar surface area (TPSA) is 90.8 Å². The highest BCUT2D eigenvalue weighted by Crippen LogP contribution is 2.30. The summed E-state index contributed by atoms with van der Waals surface area (Å²) < 4.78 is 3.09. The van der Waals surface area contributed by atoms with E-state index in [1.54, 1.807) is 31.2 Å². The molecule has 0 radical (unpaired) electrons. The molecule has 0 aliphatic rings. The molecular formula is C10H14N6O2. The van der Waals surface area contributed by atoms with Crippen molar-refractivity contribution >= 4 is 17.2 Å². The van der Waals surface area contributed by atoms with Gasteiger partial charge < -0.3 is 5.32 Å². The molecule has 0 saturated carbocycles. The van der Waals surface area contributed by atoms with Crippen molar-refractivity contribution in [1.82, 2.24) is 19.6 Å². The lowest BCUT2D eigenvalue weighted by Crippen LogP contribution is -2.01. The Kier molecular flexibility index (Phi) is 3.00. The van der Waals surface area contributed by atoms with Crippen LogP contribution >= 0.6 is 0 Å². The molecule has 8 nitrogen and oxygen atoms in total. The van der Waals surface area contributed by atoms with Crippen LogP contribution in [0.5, 0.6) is 0 Å². The largest absolute Gasteiger partial charge is 0.334 e. The summed E-state index contributed by atoms with van der Waals surface area (Å²) in [6, 6.07) is 0. The highest BCUT2D eigenvalue weighted by atomic mass is 16.6. The third-order valence-corrected chi connectivity index (χ3v) is 2.58. The van der Waals surface area contributed by atoms with E-state index in [1.807, 2.05) is 6.92 Å². The molecule has 2 rings (SSSR count). The third-order valence-electron chi connectivity index (χ3n) is 2.58. The predicted octanol–water partition coefficient (Wildman–Crippen LogP) is 1.37. The summed E-state index contributed by atoms with van der Waals surface area (Å²) in [6.45, 7) is 1.84. The van der Waals surface area contributed by atoms with Crippen molar-refractivity contribution in [2.45, 2.75) is 13.3 Å². The highest BCUT2D eigenvalue weighted by molar-refractivity contribution is 5.67. The van der Waals surface area contributed by atoms with E-state index in [0.717, 1.165) is 0 Å². The molecule has 0 saturated heterocycles. The normalized spacial score (nSPS) is 10.6. The van der Waals surface area contributed by atoms with Crippen molar-refractivity contribution in [3.8, 4) is 0 Å². The molecule has 18 heavy (non-hydrogen) atoms. The van der Waals surface area contributed by atoms with Crippen LogP contribution in [-0.2, 0) is 20.5 Å². The van der Waals surface area contributed by atoms with Crippen LogP contribution in [0.1, 0.15) is 12.6 Å². The number of aromatic nitrogens is 4. The second kappa shape index (κ2) is 4.47. The first kappa shape index (κ1) is 12.1. The Hall–Kier alpha value is -2.38. The molecular weight excluding hydrogens is 236 g/mol. The third kappa shape index (κ3) is 2.04. The van der Waals surface area contributed by atoms with Crippen LogP contribution in [0.2, 0.25) is 0 Å². The van der Waals surface area contributed by atoms with Gasteiger partial charge in [-0.1, -0.05) is 6.92 Å². The fourth-order valence-electron chi connectivity index (χ4n) is 1.76. The van der Waals surface area contributed by atoms with E-state index >= 15 is 0 Å². The molecule has 0 amide bonds. The molecule has 96 valence electrons. The zero-order valence-corrected chi connectivity index (χ0v) is 10.4. The van der Waals surface area contributed by atoms with E-state index in [-0.39, 0.29) is 5.69 Å². The van der Waals surface area contributed by atoms with Gasteiger partial charge in [0.15, 0.2) is 0 Å². The first-order valence-corrected chi connectivity index (χ1v) is 5.48. The standard InChI is InChI=1S/C10H14N6O2/c1-4-8-9(16(17)18)10(15(3)13-8)12-7-5-11-14(2)6-7/h5-6,12H,4H2,1-3H3. The maximum absolute atomic E-state index is 11.1. The minimum absolute atomic E-state index is 0.0175. The zero-order chi connectivity index (χ0) is 13.3. The van der Waals surface area contributed by atoms with Crippen LogP contribution in [0.3, 0.4) is 0 Å². The average molecular weight is 250 g/mol. The monoisotopic (exact) mass is 250 g/mol. The quantitative estimate of drug-likeness (QED) is 0.653. The first-order valence-electron chi connectivity index (χ1n) is 5.48. The van der Waals surface area contributed by atoms with Gasteiger partial charge in [0.2, 0.25) is 5.82 Å². The Balaban J connectivity index is 2.43. The van der Waals surface area contributed by atoms with Gasteiger partial charge in [0, 0.05) is 20.3 Å². The van der Waals surface area contributed by atoms with Crippen molar-refractivity contribution in [3.63, 3.8) is 0 Å². The Morgan fingerprint density at radius 1 is 1.50 bits per heavy atom. The molecule has 8 heteroatoms. The molecule has 0 atom stereocenters. The van der Waals surface area contributed by atoms with Crippen LogP contribution in [0.25, 0.3) is 0 Å². The lowest BCUT2D eigenvalue weighted by Gasteiger charge is -2.02. The Morgan fingerprint density at radius 3 is 2.72 bits per heavy atom. The van der Waals surface area contributed by atoms with E-state index in [9.17, 15) is 10.1 Å².